The number of para-hydroxylation sites is 2. The lowest BCUT2D eigenvalue weighted by molar-refractivity contribution is -0.391. The molecule has 1 fully saturated rings. The SMILES string of the molecule is CC(=O)OCCN1CCN(CCn2c(-c3ncc([N+](=O)[O-])n3C)nc3ccccc32)CC1. The van der Waals surface area contributed by atoms with E-state index in [4.69, 9.17) is 9.72 Å². The molecule has 0 amide bonds. The highest BCUT2D eigenvalue weighted by molar-refractivity contribution is 5.79. The topological polar surface area (TPSA) is 112 Å². The maximum atomic E-state index is 11.3. The maximum absolute atomic E-state index is 11.3. The summed E-state index contributed by atoms with van der Waals surface area (Å²) in [5, 5.41) is 11.3. The van der Waals surface area contributed by atoms with Crippen molar-refractivity contribution < 1.29 is 14.5 Å². The molecule has 0 N–H and O–H groups in total. The van der Waals surface area contributed by atoms with E-state index in [0.29, 0.717) is 24.8 Å². The van der Waals surface area contributed by atoms with Gasteiger partial charge in [0, 0.05) is 52.7 Å². The molecule has 0 atom stereocenters. The fraction of sp³-hybridized carbons (Fsp3) is 0.476. The Balaban J connectivity index is 1.46. The average Bonchev–Trinajstić information content (AvgIpc) is 3.33. The normalized spacial score (nSPS) is 15.3. The lowest BCUT2D eigenvalue weighted by Crippen LogP contribution is -2.48. The average molecular weight is 441 g/mol. The molecular formula is C21H27N7O4. The first-order valence-electron chi connectivity index (χ1n) is 10.6. The Bertz CT molecular complexity index is 1110. The molecule has 11 nitrogen and oxygen atoms in total. The molecule has 3 heterocycles. The van der Waals surface area contributed by atoms with Crippen LogP contribution in [-0.4, -0.2) is 85.7 Å². The number of nitrogens with zero attached hydrogens (tertiary/aromatic N) is 7. The van der Waals surface area contributed by atoms with Gasteiger partial charge in [-0.3, -0.25) is 14.6 Å². The van der Waals surface area contributed by atoms with Gasteiger partial charge in [0.25, 0.3) is 5.82 Å². The minimum atomic E-state index is -0.440. The van der Waals surface area contributed by atoms with Crippen LogP contribution < -0.4 is 0 Å². The standard InChI is InChI=1S/C21H27N7O4/c1-16(29)32-14-13-26-9-7-25(8-10-26)11-12-27-18-6-4-3-5-17(18)23-21(27)20-22-15-19(24(20)2)28(30)31/h3-6,15H,7-14H2,1-2H3. The highest BCUT2D eigenvalue weighted by atomic mass is 16.6. The number of benzene rings is 1. The van der Waals surface area contributed by atoms with Gasteiger partial charge in [0.1, 0.15) is 12.8 Å². The number of rotatable bonds is 8. The van der Waals surface area contributed by atoms with E-state index in [2.05, 4.69) is 19.4 Å². The Morgan fingerprint density at radius 1 is 1.09 bits per heavy atom. The van der Waals surface area contributed by atoms with Gasteiger partial charge < -0.3 is 19.4 Å². The predicted molar refractivity (Wildman–Crippen MR) is 118 cm³/mol. The molecule has 11 heteroatoms. The van der Waals surface area contributed by atoms with E-state index < -0.39 is 4.92 Å². The van der Waals surface area contributed by atoms with Crippen molar-refractivity contribution in [2.45, 2.75) is 13.5 Å². The molecule has 4 rings (SSSR count). The third-order valence-corrected chi connectivity index (χ3v) is 5.82. The van der Waals surface area contributed by atoms with Gasteiger partial charge in [-0.15, -0.1) is 0 Å². The molecule has 0 unspecified atom stereocenters. The zero-order chi connectivity index (χ0) is 22.7. The van der Waals surface area contributed by atoms with Gasteiger partial charge in [0.2, 0.25) is 5.82 Å². The van der Waals surface area contributed by atoms with E-state index in [9.17, 15) is 14.9 Å². The molecule has 0 radical (unpaired) electrons. The van der Waals surface area contributed by atoms with E-state index in [1.165, 1.54) is 17.7 Å². The predicted octanol–water partition coefficient (Wildman–Crippen LogP) is 1.53. The second-order valence-electron chi connectivity index (χ2n) is 7.86. The smallest absolute Gasteiger partial charge is 0.343 e. The molecule has 1 aliphatic rings. The van der Waals surface area contributed by atoms with E-state index in [0.717, 1.165) is 50.3 Å². The van der Waals surface area contributed by atoms with Crippen molar-refractivity contribution in [1.29, 1.82) is 0 Å². The molecule has 0 spiro atoms. The van der Waals surface area contributed by atoms with E-state index in [1.54, 1.807) is 7.05 Å². The van der Waals surface area contributed by atoms with Gasteiger partial charge >= 0.3 is 11.8 Å². The van der Waals surface area contributed by atoms with Crippen LogP contribution >= 0.6 is 0 Å². The van der Waals surface area contributed by atoms with Crippen LogP contribution in [-0.2, 0) is 23.1 Å². The second kappa shape index (κ2) is 9.45. The minimum Gasteiger partial charge on any atom is -0.465 e. The number of carbonyl (C=O) groups excluding carboxylic acids is 1. The van der Waals surface area contributed by atoms with Crippen LogP contribution in [0.25, 0.3) is 22.7 Å². The summed E-state index contributed by atoms with van der Waals surface area (Å²) in [5.74, 6) is 0.790. The van der Waals surface area contributed by atoms with Crippen LogP contribution in [0.5, 0.6) is 0 Å². The Kier molecular flexibility index (Phi) is 6.47. The largest absolute Gasteiger partial charge is 0.465 e. The number of aromatic nitrogens is 4. The first-order valence-corrected chi connectivity index (χ1v) is 10.6. The number of hydrogen-bond acceptors (Lipinski definition) is 8. The lowest BCUT2D eigenvalue weighted by atomic mass is 10.3. The van der Waals surface area contributed by atoms with Crippen molar-refractivity contribution in [3.05, 3.63) is 40.6 Å². The van der Waals surface area contributed by atoms with Gasteiger partial charge in [0.05, 0.1) is 18.1 Å². The molecule has 0 aliphatic carbocycles. The third kappa shape index (κ3) is 4.63. The highest BCUT2D eigenvalue weighted by Gasteiger charge is 2.24. The summed E-state index contributed by atoms with van der Waals surface area (Å²) in [6.07, 6.45) is 1.27. The summed E-state index contributed by atoms with van der Waals surface area (Å²) in [5.41, 5.74) is 1.82. The van der Waals surface area contributed by atoms with Gasteiger partial charge in [-0.1, -0.05) is 12.1 Å². The van der Waals surface area contributed by atoms with Crippen LogP contribution in [0, 0.1) is 10.1 Å². The number of hydrogen-bond donors (Lipinski definition) is 0. The number of esters is 1. The molecular weight excluding hydrogens is 414 g/mol. The van der Waals surface area contributed by atoms with Crippen molar-refractivity contribution >= 4 is 22.8 Å². The van der Waals surface area contributed by atoms with Crippen molar-refractivity contribution in [2.75, 3.05) is 45.9 Å². The number of nitro groups is 1. The van der Waals surface area contributed by atoms with Crippen LogP contribution in [0.4, 0.5) is 5.82 Å². The van der Waals surface area contributed by atoms with Crippen molar-refractivity contribution in [3.8, 4) is 11.6 Å². The van der Waals surface area contributed by atoms with E-state index >= 15 is 0 Å². The lowest BCUT2D eigenvalue weighted by Gasteiger charge is -2.34. The molecule has 32 heavy (non-hydrogen) atoms. The first kappa shape index (κ1) is 21.9. The molecule has 3 aromatic rings. The number of carbonyl (C=O) groups is 1. The van der Waals surface area contributed by atoms with Crippen molar-refractivity contribution in [1.82, 2.24) is 28.9 Å². The number of imidazole rings is 2. The summed E-state index contributed by atoms with van der Waals surface area (Å²) >= 11 is 0. The Morgan fingerprint density at radius 3 is 2.44 bits per heavy atom. The van der Waals surface area contributed by atoms with E-state index in [-0.39, 0.29) is 11.8 Å². The second-order valence-corrected chi connectivity index (χ2v) is 7.86. The fourth-order valence-corrected chi connectivity index (χ4v) is 4.05. The number of fused-ring (bicyclic) bond motifs is 1. The van der Waals surface area contributed by atoms with Gasteiger partial charge in [0.15, 0.2) is 0 Å². The molecule has 2 aromatic heterocycles. The number of ether oxygens (including phenoxy) is 1. The zero-order valence-electron chi connectivity index (χ0n) is 18.3. The Hall–Kier alpha value is -3.31. The molecule has 170 valence electrons. The maximum Gasteiger partial charge on any atom is 0.343 e. The molecule has 1 saturated heterocycles. The zero-order valence-corrected chi connectivity index (χ0v) is 18.3. The highest BCUT2D eigenvalue weighted by Crippen LogP contribution is 2.26. The molecule has 0 saturated carbocycles. The Morgan fingerprint density at radius 2 is 1.78 bits per heavy atom. The summed E-state index contributed by atoms with van der Waals surface area (Å²) < 4.78 is 8.60. The van der Waals surface area contributed by atoms with E-state index in [1.807, 2.05) is 24.3 Å². The molecule has 1 aliphatic heterocycles. The van der Waals surface area contributed by atoms with Gasteiger partial charge in [-0.05, 0) is 17.1 Å². The fourth-order valence-electron chi connectivity index (χ4n) is 4.05. The minimum absolute atomic E-state index is 0.0662. The summed E-state index contributed by atoms with van der Waals surface area (Å²) in [7, 11) is 1.64. The first-order chi connectivity index (χ1) is 15.4. The summed E-state index contributed by atoms with van der Waals surface area (Å²) in [4.78, 5) is 35.4. The Labute approximate surface area is 185 Å². The van der Waals surface area contributed by atoms with Crippen LogP contribution in [0.3, 0.4) is 0 Å². The summed E-state index contributed by atoms with van der Waals surface area (Å²) in [6.45, 7) is 7.83. The van der Waals surface area contributed by atoms with Crippen molar-refractivity contribution in [2.24, 2.45) is 7.05 Å². The van der Waals surface area contributed by atoms with Gasteiger partial charge in [-0.25, -0.2) is 14.5 Å². The summed E-state index contributed by atoms with van der Waals surface area (Å²) in [6, 6.07) is 7.84. The number of piperazine rings is 1. The van der Waals surface area contributed by atoms with Crippen molar-refractivity contribution in [3.63, 3.8) is 0 Å². The van der Waals surface area contributed by atoms with Crippen LogP contribution in [0.15, 0.2) is 30.5 Å². The molecule has 1 aromatic carbocycles. The van der Waals surface area contributed by atoms with Crippen LogP contribution in [0.1, 0.15) is 6.92 Å². The third-order valence-electron chi connectivity index (χ3n) is 5.82. The molecule has 0 bridgehead atoms. The quantitative estimate of drug-likeness (QED) is 0.294. The monoisotopic (exact) mass is 441 g/mol. The van der Waals surface area contributed by atoms with Gasteiger partial charge in [-0.2, -0.15) is 0 Å². The van der Waals surface area contributed by atoms with Crippen LogP contribution in [0.2, 0.25) is 0 Å².